The summed E-state index contributed by atoms with van der Waals surface area (Å²) in [5, 5.41) is 8.11. The molecule has 5 nitrogen and oxygen atoms in total. The van der Waals surface area contributed by atoms with Gasteiger partial charge in [0, 0.05) is 11.9 Å². The van der Waals surface area contributed by atoms with Crippen molar-refractivity contribution < 1.29 is 0 Å². The van der Waals surface area contributed by atoms with Gasteiger partial charge in [-0.1, -0.05) is 11.3 Å². The van der Waals surface area contributed by atoms with E-state index >= 15 is 0 Å². The van der Waals surface area contributed by atoms with E-state index < -0.39 is 0 Å². The van der Waals surface area contributed by atoms with Crippen LogP contribution in [0.25, 0.3) is 16.7 Å². The van der Waals surface area contributed by atoms with E-state index in [-0.39, 0.29) is 0 Å². The summed E-state index contributed by atoms with van der Waals surface area (Å²) in [4.78, 5) is 4.00. The first-order valence-electron chi connectivity index (χ1n) is 4.86. The summed E-state index contributed by atoms with van der Waals surface area (Å²) in [5.74, 6) is 0. The van der Waals surface area contributed by atoms with Gasteiger partial charge in [0.2, 0.25) is 0 Å². The monoisotopic (exact) mass is 211 g/mol. The van der Waals surface area contributed by atoms with Crippen LogP contribution in [-0.2, 0) is 0 Å². The van der Waals surface area contributed by atoms with Crippen LogP contribution in [0.2, 0.25) is 0 Å². The van der Waals surface area contributed by atoms with E-state index in [9.17, 15) is 0 Å². The van der Waals surface area contributed by atoms with Gasteiger partial charge in [-0.3, -0.25) is 4.98 Å². The normalized spacial score (nSPS) is 10.8. The van der Waals surface area contributed by atoms with Crippen molar-refractivity contribution in [1.29, 1.82) is 0 Å². The Labute approximate surface area is 91.5 Å². The molecule has 0 fully saturated rings. The lowest BCUT2D eigenvalue weighted by molar-refractivity contribution is 0.824. The maximum atomic E-state index is 5.73. The minimum atomic E-state index is 0.704. The number of rotatable bonds is 1. The number of nitrogen functional groups attached to an aromatic ring is 1. The minimum absolute atomic E-state index is 0.704. The van der Waals surface area contributed by atoms with Gasteiger partial charge >= 0.3 is 0 Å². The van der Waals surface area contributed by atoms with Crippen LogP contribution in [0, 0.1) is 0 Å². The fourth-order valence-corrected chi connectivity index (χ4v) is 1.62. The molecule has 0 spiro atoms. The van der Waals surface area contributed by atoms with E-state index in [0.29, 0.717) is 5.69 Å². The molecule has 0 saturated carbocycles. The highest BCUT2D eigenvalue weighted by atomic mass is 15.4. The third kappa shape index (κ3) is 1.30. The zero-order valence-electron chi connectivity index (χ0n) is 8.41. The molecule has 0 bridgehead atoms. The number of nitrogens with two attached hydrogens (primary N) is 1. The Morgan fingerprint density at radius 3 is 3.00 bits per heavy atom. The molecule has 0 atom stereocenters. The van der Waals surface area contributed by atoms with E-state index in [1.54, 1.807) is 17.1 Å². The lowest BCUT2D eigenvalue weighted by atomic mass is 10.3. The average Bonchev–Trinajstić information content (AvgIpc) is 2.72. The zero-order valence-corrected chi connectivity index (χ0v) is 8.41. The second-order valence-electron chi connectivity index (χ2n) is 3.46. The summed E-state index contributed by atoms with van der Waals surface area (Å²) in [7, 11) is 0. The predicted octanol–water partition coefficient (Wildman–Crippen LogP) is 1.40. The Hall–Kier alpha value is -2.43. The van der Waals surface area contributed by atoms with Crippen molar-refractivity contribution in [1.82, 2.24) is 20.0 Å². The van der Waals surface area contributed by atoms with E-state index in [1.165, 1.54) is 0 Å². The summed E-state index contributed by atoms with van der Waals surface area (Å²) in [6, 6.07) is 9.39. The number of anilines is 1. The zero-order chi connectivity index (χ0) is 11.0. The van der Waals surface area contributed by atoms with Gasteiger partial charge in [0.1, 0.15) is 5.52 Å². The number of hydrogen-bond donors (Lipinski definition) is 1. The maximum absolute atomic E-state index is 5.73. The average molecular weight is 211 g/mol. The molecule has 0 saturated heterocycles. The topological polar surface area (TPSA) is 69.6 Å². The molecule has 2 aromatic heterocycles. The van der Waals surface area contributed by atoms with Gasteiger partial charge < -0.3 is 5.73 Å². The van der Waals surface area contributed by atoms with Gasteiger partial charge in [-0.05, 0) is 24.3 Å². The van der Waals surface area contributed by atoms with Gasteiger partial charge in [0.05, 0.1) is 17.4 Å². The third-order valence-corrected chi connectivity index (χ3v) is 2.36. The van der Waals surface area contributed by atoms with Crippen LogP contribution in [-0.4, -0.2) is 20.0 Å². The largest absolute Gasteiger partial charge is 0.399 e. The predicted molar refractivity (Wildman–Crippen MR) is 61.1 cm³/mol. The molecule has 0 radical (unpaired) electrons. The van der Waals surface area contributed by atoms with Gasteiger partial charge in [-0.2, -0.15) is 0 Å². The van der Waals surface area contributed by atoms with Crippen LogP contribution in [0.1, 0.15) is 0 Å². The minimum Gasteiger partial charge on any atom is -0.399 e. The van der Waals surface area contributed by atoms with Gasteiger partial charge in [0.25, 0.3) is 0 Å². The molecule has 3 aromatic rings. The number of benzene rings is 1. The first kappa shape index (κ1) is 8.84. The smallest absolute Gasteiger partial charge is 0.131 e. The van der Waals surface area contributed by atoms with Crippen molar-refractivity contribution in [2.24, 2.45) is 0 Å². The highest BCUT2D eigenvalue weighted by molar-refractivity contribution is 5.75. The Balaban J connectivity index is 2.26. The highest BCUT2D eigenvalue weighted by Gasteiger charge is 2.05. The van der Waals surface area contributed by atoms with Crippen LogP contribution in [0.5, 0.6) is 0 Å². The van der Waals surface area contributed by atoms with Crippen LogP contribution in [0.15, 0.2) is 42.7 Å². The molecule has 5 heteroatoms. The standard InChI is InChI=1S/C11H9N5/c12-8-2-1-3-9(6-8)16-11-4-5-13-7-10(11)14-15-16/h1-7H,12H2. The SMILES string of the molecule is Nc1cccc(-n2nnc3cnccc32)c1. The van der Waals surface area contributed by atoms with Crippen LogP contribution in [0.3, 0.4) is 0 Å². The molecule has 78 valence electrons. The molecule has 0 amide bonds. The van der Waals surface area contributed by atoms with Crippen molar-refractivity contribution in [3.63, 3.8) is 0 Å². The van der Waals surface area contributed by atoms with E-state index in [1.807, 2.05) is 30.3 Å². The van der Waals surface area contributed by atoms with Crippen molar-refractivity contribution in [3.8, 4) is 5.69 Å². The number of aromatic nitrogens is 4. The van der Waals surface area contributed by atoms with E-state index in [4.69, 9.17) is 5.73 Å². The molecule has 0 aliphatic rings. The summed E-state index contributed by atoms with van der Waals surface area (Å²) in [6.45, 7) is 0. The number of fused-ring (bicyclic) bond motifs is 1. The molecule has 0 aliphatic carbocycles. The molecule has 3 rings (SSSR count). The van der Waals surface area contributed by atoms with Gasteiger partial charge in [-0.25, -0.2) is 4.68 Å². The Bertz CT molecular complexity index is 643. The van der Waals surface area contributed by atoms with Gasteiger partial charge in [-0.15, -0.1) is 5.10 Å². The number of hydrogen-bond acceptors (Lipinski definition) is 4. The first-order chi connectivity index (χ1) is 7.84. The lowest BCUT2D eigenvalue weighted by Gasteiger charge is -2.02. The summed E-state index contributed by atoms with van der Waals surface area (Å²) in [6.07, 6.45) is 3.40. The summed E-state index contributed by atoms with van der Waals surface area (Å²) >= 11 is 0. The summed E-state index contributed by atoms with van der Waals surface area (Å²) < 4.78 is 1.74. The Morgan fingerprint density at radius 2 is 2.12 bits per heavy atom. The molecular weight excluding hydrogens is 202 g/mol. The fourth-order valence-electron chi connectivity index (χ4n) is 1.62. The van der Waals surface area contributed by atoms with Crippen LogP contribution < -0.4 is 5.73 Å². The van der Waals surface area contributed by atoms with Crippen LogP contribution in [0.4, 0.5) is 5.69 Å². The molecule has 0 aliphatic heterocycles. The Kier molecular flexibility index (Phi) is 1.83. The highest BCUT2D eigenvalue weighted by Crippen LogP contribution is 2.16. The maximum Gasteiger partial charge on any atom is 0.131 e. The number of pyridine rings is 1. The Morgan fingerprint density at radius 1 is 1.19 bits per heavy atom. The lowest BCUT2D eigenvalue weighted by Crippen LogP contribution is -1.97. The van der Waals surface area contributed by atoms with Crippen LogP contribution >= 0.6 is 0 Å². The van der Waals surface area contributed by atoms with Gasteiger partial charge in [0.15, 0.2) is 0 Å². The molecular formula is C11H9N5. The van der Waals surface area contributed by atoms with Crippen molar-refractivity contribution in [3.05, 3.63) is 42.7 Å². The molecule has 2 N–H and O–H groups in total. The first-order valence-corrected chi connectivity index (χ1v) is 4.86. The number of nitrogens with zero attached hydrogens (tertiary/aromatic N) is 4. The van der Waals surface area contributed by atoms with Crippen molar-refractivity contribution in [2.45, 2.75) is 0 Å². The second kappa shape index (κ2) is 3.30. The summed E-state index contributed by atoms with van der Waals surface area (Å²) in [5.41, 5.74) is 9.02. The molecule has 16 heavy (non-hydrogen) atoms. The van der Waals surface area contributed by atoms with E-state index in [2.05, 4.69) is 15.3 Å². The van der Waals surface area contributed by atoms with E-state index in [0.717, 1.165) is 16.7 Å². The van der Waals surface area contributed by atoms with Crippen molar-refractivity contribution in [2.75, 3.05) is 5.73 Å². The second-order valence-corrected chi connectivity index (χ2v) is 3.46. The third-order valence-electron chi connectivity index (χ3n) is 2.36. The fraction of sp³-hybridized carbons (Fsp3) is 0. The molecule has 2 heterocycles. The quantitative estimate of drug-likeness (QED) is 0.617. The van der Waals surface area contributed by atoms with Crippen molar-refractivity contribution >= 4 is 16.7 Å². The molecule has 0 unspecified atom stereocenters. The molecule has 1 aromatic carbocycles.